The van der Waals surface area contributed by atoms with Gasteiger partial charge in [0.05, 0.1) is 5.56 Å². The molecule has 0 fully saturated rings. The molecule has 0 radical (unpaired) electrons. The van der Waals surface area contributed by atoms with Crippen LogP contribution in [0, 0.1) is 0 Å². The third kappa shape index (κ3) is 5.52. The molecule has 100 valence electrons. The third-order valence-corrected chi connectivity index (χ3v) is 2.78. The molecule has 1 aromatic carbocycles. The fraction of sp³-hybridized carbons (Fsp3) is 0.500. The first-order valence-corrected chi connectivity index (χ1v) is 6.68. The zero-order chi connectivity index (χ0) is 13.4. The highest BCUT2D eigenvalue weighted by Crippen LogP contribution is 2.11. The Hall–Kier alpha value is -1.06. The molecule has 0 bridgehead atoms. The first-order chi connectivity index (χ1) is 8.63. The Morgan fingerprint density at radius 2 is 2.06 bits per heavy atom. The molecule has 1 aromatic rings. The molecule has 1 atom stereocenters. The van der Waals surface area contributed by atoms with Crippen LogP contribution in [-0.2, 0) is 4.74 Å². The minimum atomic E-state index is -0.309. The molecule has 0 aliphatic rings. The summed E-state index contributed by atoms with van der Waals surface area (Å²) in [5, 5.41) is 3.87. The van der Waals surface area contributed by atoms with Gasteiger partial charge >= 0.3 is 5.97 Å². The van der Waals surface area contributed by atoms with E-state index in [-0.39, 0.29) is 12.1 Å². The maximum Gasteiger partial charge on any atom is 0.338 e. The standard InChI is InChI=1S/C14H20ClNO2/c1-3-4-9-16-10-11(2)18-14(17)12-5-7-13(15)8-6-12/h5-8,11,16H,3-4,9-10H2,1-2H3. The molecule has 0 spiro atoms. The van der Waals surface area contributed by atoms with Gasteiger partial charge in [-0.15, -0.1) is 0 Å². The van der Waals surface area contributed by atoms with Crippen molar-refractivity contribution in [3.05, 3.63) is 34.9 Å². The van der Waals surface area contributed by atoms with Crippen LogP contribution in [0.3, 0.4) is 0 Å². The predicted molar refractivity (Wildman–Crippen MR) is 74.1 cm³/mol. The molecular weight excluding hydrogens is 250 g/mol. The summed E-state index contributed by atoms with van der Waals surface area (Å²) in [6, 6.07) is 6.70. The number of hydrogen-bond acceptors (Lipinski definition) is 3. The van der Waals surface area contributed by atoms with Crippen LogP contribution < -0.4 is 5.32 Å². The van der Waals surface area contributed by atoms with E-state index in [1.165, 1.54) is 0 Å². The third-order valence-electron chi connectivity index (χ3n) is 2.53. The largest absolute Gasteiger partial charge is 0.458 e. The molecule has 0 aromatic heterocycles. The average Bonchev–Trinajstić information content (AvgIpc) is 2.35. The molecule has 0 saturated carbocycles. The molecule has 0 aliphatic heterocycles. The number of carbonyl (C=O) groups excluding carboxylic acids is 1. The molecule has 1 rings (SSSR count). The normalized spacial score (nSPS) is 12.2. The van der Waals surface area contributed by atoms with Crippen LogP contribution in [0.2, 0.25) is 5.02 Å². The summed E-state index contributed by atoms with van der Waals surface area (Å²) in [5.41, 5.74) is 0.528. The molecule has 18 heavy (non-hydrogen) atoms. The summed E-state index contributed by atoms with van der Waals surface area (Å²) in [4.78, 5) is 11.8. The van der Waals surface area contributed by atoms with E-state index in [1.54, 1.807) is 24.3 Å². The van der Waals surface area contributed by atoms with Crippen LogP contribution in [0.25, 0.3) is 0 Å². The summed E-state index contributed by atoms with van der Waals surface area (Å²) in [7, 11) is 0. The van der Waals surface area contributed by atoms with Gasteiger partial charge in [-0.2, -0.15) is 0 Å². The fourth-order valence-electron chi connectivity index (χ4n) is 1.49. The molecule has 0 aliphatic carbocycles. The highest BCUT2D eigenvalue weighted by molar-refractivity contribution is 6.30. The van der Waals surface area contributed by atoms with E-state index in [1.807, 2.05) is 6.92 Å². The number of rotatable bonds is 7. The first kappa shape index (κ1) is 15.0. The lowest BCUT2D eigenvalue weighted by molar-refractivity contribution is 0.0342. The minimum Gasteiger partial charge on any atom is -0.458 e. The Kier molecular flexibility index (Phi) is 6.76. The highest BCUT2D eigenvalue weighted by Gasteiger charge is 2.11. The summed E-state index contributed by atoms with van der Waals surface area (Å²) in [6.07, 6.45) is 2.16. The number of unbranched alkanes of at least 4 members (excludes halogenated alkanes) is 1. The molecule has 0 heterocycles. The Bertz CT molecular complexity index is 365. The van der Waals surface area contributed by atoms with E-state index >= 15 is 0 Å². The van der Waals surface area contributed by atoms with Crippen molar-refractivity contribution in [1.29, 1.82) is 0 Å². The number of carbonyl (C=O) groups is 1. The number of nitrogens with one attached hydrogen (secondary N) is 1. The van der Waals surface area contributed by atoms with Gasteiger partial charge in [-0.25, -0.2) is 4.79 Å². The molecule has 1 unspecified atom stereocenters. The second-order valence-corrected chi connectivity index (χ2v) is 4.72. The summed E-state index contributed by atoms with van der Waals surface area (Å²) in [6.45, 7) is 5.66. The van der Waals surface area contributed by atoms with Crippen molar-refractivity contribution < 1.29 is 9.53 Å². The average molecular weight is 270 g/mol. The highest BCUT2D eigenvalue weighted by atomic mass is 35.5. The summed E-state index contributed by atoms with van der Waals surface area (Å²) in [5.74, 6) is -0.309. The molecule has 0 amide bonds. The zero-order valence-electron chi connectivity index (χ0n) is 10.9. The van der Waals surface area contributed by atoms with Gasteiger partial charge in [-0.1, -0.05) is 24.9 Å². The van der Waals surface area contributed by atoms with E-state index in [9.17, 15) is 4.79 Å². The van der Waals surface area contributed by atoms with Gasteiger partial charge in [-0.05, 0) is 44.2 Å². The molecule has 1 N–H and O–H groups in total. The second-order valence-electron chi connectivity index (χ2n) is 4.28. The van der Waals surface area contributed by atoms with Crippen molar-refractivity contribution in [3.63, 3.8) is 0 Å². The van der Waals surface area contributed by atoms with Crippen LogP contribution in [0.15, 0.2) is 24.3 Å². The first-order valence-electron chi connectivity index (χ1n) is 6.30. The van der Waals surface area contributed by atoms with E-state index in [0.29, 0.717) is 17.1 Å². The zero-order valence-corrected chi connectivity index (χ0v) is 11.7. The topological polar surface area (TPSA) is 38.3 Å². The van der Waals surface area contributed by atoms with Gasteiger partial charge in [0.2, 0.25) is 0 Å². The van der Waals surface area contributed by atoms with Gasteiger partial charge in [0, 0.05) is 11.6 Å². The smallest absolute Gasteiger partial charge is 0.338 e. The van der Waals surface area contributed by atoms with Crippen molar-refractivity contribution in [2.75, 3.05) is 13.1 Å². The minimum absolute atomic E-state index is 0.134. The Balaban J connectivity index is 2.33. The number of halogens is 1. The van der Waals surface area contributed by atoms with Gasteiger partial charge in [0.25, 0.3) is 0 Å². The number of esters is 1. The fourth-order valence-corrected chi connectivity index (χ4v) is 1.61. The molecule has 3 nitrogen and oxygen atoms in total. The number of hydrogen-bond donors (Lipinski definition) is 1. The van der Waals surface area contributed by atoms with Crippen molar-refractivity contribution in [1.82, 2.24) is 5.32 Å². The Morgan fingerprint density at radius 1 is 1.39 bits per heavy atom. The second kappa shape index (κ2) is 8.11. The van der Waals surface area contributed by atoms with E-state index in [2.05, 4.69) is 12.2 Å². The summed E-state index contributed by atoms with van der Waals surface area (Å²) >= 11 is 5.76. The lowest BCUT2D eigenvalue weighted by Gasteiger charge is -2.14. The van der Waals surface area contributed by atoms with E-state index < -0.39 is 0 Å². The van der Waals surface area contributed by atoms with Crippen LogP contribution in [0.1, 0.15) is 37.0 Å². The van der Waals surface area contributed by atoms with E-state index in [4.69, 9.17) is 16.3 Å². The lowest BCUT2D eigenvalue weighted by Crippen LogP contribution is -2.29. The van der Waals surface area contributed by atoms with E-state index in [0.717, 1.165) is 19.4 Å². The maximum absolute atomic E-state index is 11.8. The van der Waals surface area contributed by atoms with Crippen LogP contribution in [-0.4, -0.2) is 25.2 Å². The van der Waals surface area contributed by atoms with Gasteiger partial charge in [0.15, 0.2) is 0 Å². The molecule has 0 saturated heterocycles. The predicted octanol–water partition coefficient (Wildman–Crippen LogP) is 3.28. The van der Waals surface area contributed by atoms with Crippen LogP contribution in [0.5, 0.6) is 0 Å². The van der Waals surface area contributed by atoms with Gasteiger partial charge in [-0.3, -0.25) is 0 Å². The van der Waals surface area contributed by atoms with Gasteiger partial charge in [0.1, 0.15) is 6.10 Å². The van der Waals surface area contributed by atoms with Crippen LogP contribution >= 0.6 is 11.6 Å². The van der Waals surface area contributed by atoms with Crippen molar-refractivity contribution >= 4 is 17.6 Å². The lowest BCUT2D eigenvalue weighted by atomic mass is 10.2. The van der Waals surface area contributed by atoms with Crippen molar-refractivity contribution in [3.8, 4) is 0 Å². The Labute approximate surface area is 113 Å². The monoisotopic (exact) mass is 269 g/mol. The summed E-state index contributed by atoms with van der Waals surface area (Å²) < 4.78 is 5.31. The number of benzene rings is 1. The number of ether oxygens (including phenoxy) is 1. The molecule has 4 heteroatoms. The SMILES string of the molecule is CCCCNCC(C)OC(=O)c1ccc(Cl)cc1. The quantitative estimate of drug-likeness (QED) is 0.610. The van der Waals surface area contributed by atoms with Crippen molar-refractivity contribution in [2.45, 2.75) is 32.8 Å². The molecular formula is C14H20ClNO2. The van der Waals surface area contributed by atoms with Gasteiger partial charge < -0.3 is 10.1 Å². The maximum atomic E-state index is 11.8. The van der Waals surface area contributed by atoms with Crippen molar-refractivity contribution in [2.24, 2.45) is 0 Å². The van der Waals surface area contributed by atoms with Crippen LogP contribution in [0.4, 0.5) is 0 Å². The Morgan fingerprint density at radius 3 is 2.67 bits per heavy atom.